The highest BCUT2D eigenvalue weighted by atomic mass is 16.2. The van der Waals surface area contributed by atoms with Crippen LogP contribution in [0.2, 0.25) is 0 Å². The smallest absolute Gasteiger partial charge is 0.237 e. The van der Waals surface area contributed by atoms with Crippen molar-refractivity contribution >= 4 is 27.7 Å². The lowest BCUT2D eigenvalue weighted by Crippen LogP contribution is -2.49. The Morgan fingerprint density at radius 1 is 0.889 bits per heavy atom. The maximum absolute atomic E-state index is 12.6. The number of rotatable bonds is 4. The van der Waals surface area contributed by atoms with Crippen LogP contribution in [-0.2, 0) is 17.9 Å². The molecule has 27 heavy (non-hydrogen) atoms. The van der Waals surface area contributed by atoms with Crippen LogP contribution in [0.5, 0.6) is 0 Å². The summed E-state index contributed by atoms with van der Waals surface area (Å²) in [5.74, 6) is 0.163. The normalized spacial score (nSPS) is 15.9. The molecule has 0 aliphatic carbocycles. The third-order valence-electron chi connectivity index (χ3n) is 5.11. The van der Waals surface area contributed by atoms with Crippen molar-refractivity contribution in [3.8, 4) is 0 Å². The number of aromatic nitrogens is 4. The Morgan fingerprint density at radius 2 is 1.67 bits per heavy atom. The first-order chi connectivity index (χ1) is 13.2. The summed E-state index contributed by atoms with van der Waals surface area (Å²) in [6.07, 6.45) is 7.23. The number of hydrogen-bond acceptors (Lipinski definition) is 4. The minimum absolute atomic E-state index is 0.163. The minimum atomic E-state index is 0.163. The van der Waals surface area contributed by atoms with Gasteiger partial charge in [0.25, 0.3) is 0 Å². The van der Waals surface area contributed by atoms with E-state index in [-0.39, 0.29) is 5.91 Å². The molecular formula is C20H20N6O. The van der Waals surface area contributed by atoms with Gasteiger partial charge >= 0.3 is 0 Å². The molecule has 0 aromatic carbocycles. The molecule has 1 aliphatic heterocycles. The highest BCUT2D eigenvalue weighted by Crippen LogP contribution is 2.18. The first-order valence-electron chi connectivity index (χ1n) is 9.08. The summed E-state index contributed by atoms with van der Waals surface area (Å²) in [5, 5.41) is 2.23. The number of H-pyrrole nitrogens is 2. The summed E-state index contributed by atoms with van der Waals surface area (Å²) in [5.41, 5.74) is 4.25. The second-order valence-corrected chi connectivity index (χ2v) is 7.04. The van der Waals surface area contributed by atoms with E-state index in [0.29, 0.717) is 13.1 Å². The first kappa shape index (κ1) is 16.0. The quantitative estimate of drug-likeness (QED) is 0.585. The molecule has 1 amide bonds. The summed E-state index contributed by atoms with van der Waals surface area (Å²) < 4.78 is 0. The molecule has 1 fully saturated rings. The van der Waals surface area contributed by atoms with Crippen molar-refractivity contribution in [2.75, 3.05) is 19.6 Å². The van der Waals surface area contributed by atoms with Gasteiger partial charge in [0, 0.05) is 65.9 Å². The third kappa shape index (κ3) is 3.17. The largest absolute Gasteiger partial charge is 0.357 e. The van der Waals surface area contributed by atoms with Crippen molar-refractivity contribution in [1.29, 1.82) is 0 Å². The van der Waals surface area contributed by atoms with Crippen LogP contribution in [0.4, 0.5) is 0 Å². The number of pyridine rings is 2. The molecule has 7 heteroatoms. The van der Waals surface area contributed by atoms with Gasteiger partial charge in [0.1, 0.15) is 0 Å². The molecule has 4 aromatic heterocycles. The summed E-state index contributed by atoms with van der Waals surface area (Å²) >= 11 is 0. The molecule has 136 valence electrons. The zero-order chi connectivity index (χ0) is 18.2. The number of hydrogen-bond donors (Lipinski definition) is 2. The number of carbonyl (C=O) groups is 1. The fraction of sp³-hybridized carbons (Fsp3) is 0.250. The number of piperazine rings is 1. The Hall–Kier alpha value is -3.19. The lowest BCUT2D eigenvalue weighted by atomic mass is 10.2. The van der Waals surface area contributed by atoms with Crippen LogP contribution in [0, 0.1) is 0 Å². The molecule has 0 bridgehead atoms. The number of nitrogens with one attached hydrogen (secondary N) is 2. The molecule has 0 unspecified atom stereocenters. The zero-order valence-corrected chi connectivity index (χ0v) is 14.9. The molecule has 1 aliphatic rings. The van der Waals surface area contributed by atoms with Crippen molar-refractivity contribution in [1.82, 2.24) is 29.7 Å². The molecule has 7 nitrogen and oxygen atoms in total. The maximum atomic E-state index is 12.6. The van der Waals surface area contributed by atoms with E-state index in [2.05, 4.69) is 37.0 Å². The molecule has 4 aromatic rings. The number of aromatic amines is 2. The maximum Gasteiger partial charge on any atom is 0.237 e. The van der Waals surface area contributed by atoms with Crippen LogP contribution in [0.3, 0.4) is 0 Å². The molecule has 0 atom stereocenters. The Labute approximate surface area is 156 Å². The molecule has 5 rings (SSSR count). The van der Waals surface area contributed by atoms with Gasteiger partial charge in [-0.2, -0.15) is 0 Å². The highest BCUT2D eigenvalue weighted by Gasteiger charge is 2.24. The molecule has 0 saturated carbocycles. The number of nitrogens with zero attached hydrogens (tertiary/aromatic N) is 4. The molecule has 1 saturated heterocycles. The van der Waals surface area contributed by atoms with E-state index in [1.54, 1.807) is 12.4 Å². The standard InChI is InChI=1S/C20H20N6O/c27-20-13-25(11-16-7-14-1-3-22-10-19(14)24-16)5-6-26(20)12-17-8-15-9-21-4-2-18(15)23-17/h1-4,7-10,23-24H,5-6,11-13H2. The fourth-order valence-corrected chi connectivity index (χ4v) is 3.74. The summed E-state index contributed by atoms with van der Waals surface area (Å²) in [6.45, 7) is 3.39. The van der Waals surface area contributed by atoms with E-state index in [9.17, 15) is 4.79 Å². The second-order valence-electron chi connectivity index (χ2n) is 7.04. The summed E-state index contributed by atoms with van der Waals surface area (Å²) in [7, 11) is 0. The van der Waals surface area contributed by atoms with Gasteiger partial charge in [0.15, 0.2) is 0 Å². The predicted octanol–water partition coefficient (Wildman–Crippen LogP) is 2.28. The molecule has 0 spiro atoms. The Balaban J connectivity index is 1.24. The Bertz CT molecular complexity index is 1050. The molecule has 2 N–H and O–H groups in total. The van der Waals surface area contributed by atoms with Gasteiger partial charge in [-0.1, -0.05) is 0 Å². The van der Waals surface area contributed by atoms with Crippen LogP contribution in [0.15, 0.2) is 49.1 Å². The molecule has 0 radical (unpaired) electrons. The lowest BCUT2D eigenvalue weighted by molar-refractivity contribution is -0.137. The van der Waals surface area contributed by atoms with Crippen LogP contribution in [0.25, 0.3) is 21.8 Å². The minimum Gasteiger partial charge on any atom is -0.357 e. The van der Waals surface area contributed by atoms with Crippen molar-refractivity contribution in [3.05, 3.63) is 60.4 Å². The molecule has 5 heterocycles. The Kier molecular flexibility index (Phi) is 3.86. The summed E-state index contributed by atoms with van der Waals surface area (Å²) in [6, 6.07) is 8.15. The average molecular weight is 360 g/mol. The number of amides is 1. The van der Waals surface area contributed by atoms with E-state index in [1.807, 2.05) is 29.4 Å². The van der Waals surface area contributed by atoms with Crippen molar-refractivity contribution in [3.63, 3.8) is 0 Å². The fourth-order valence-electron chi connectivity index (χ4n) is 3.74. The summed E-state index contributed by atoms with van der Waals surface area (Å²) in [4.78, 5) is 31.8. The van der Waals surface area contributed by atoms with Gasteiger partial charge in [0.05, 0.1) is 24.8 Å². The van der Waals surface area contributed by atoms with Crippen LogP contribution in [0.1, 0.15) is 11.4 Å². The lowest BCUT2D eigenvalue weighted by Gasteiger charge is -2.33. The Morgan fingerprint density at radius 3 is 2.52 bits per heavy atom. The number of carbonyl (C=O) groups excluding carboxylic acids is 1. The zero-order valence-electron chi connectivity index (χ0n) is 14.9. The third-order valence-corrected chi connectivity index (χ3v) is 5.11. The predicted molar refractivity (Wildman–Crippen MR) is 103 cm³/mol. The van der Waals surface area contributed by atoms with Crippen molar-refractivity contribution < 1.29 is 4.79 Å². The van der Waals surface area contributed by atoms with Gasteiger partial charge in [-0.3, -0.25) is 19.7 Å². The van der Waals surface area contributed by atoms with E-state index in [1.165, 1.54) is 0 Å². The van der Waals surface area contributed by atoms with Gasteiger partial charge in [0.2, 0.25) is 5.91 Å². The monoisotopic (exact) mass is 360 g/mol. The highest BCUT2D eigenvalue weighted by molar-refractivity contribution is 5.81. The first-order valence-corrected chi connectivity index (χ1v) is 9.08. The molecular weight excluding hydrogens is 340 g/mol. The SMILES string of the molecule is O=C1CN(Cc2cc3ccncc3[nH]2)CCN1Cc1cc2cnccc2[nH]1. The van der Waals surface area contributed by atoms with Crippen molar-refractivity contribution in [2.45, 2.75) is 13.1 Å². The van der Waals surface area contributed by atoms with Crippen LogP contribution in [-0.4, -0.2) is 55.3 Å². The average Bonchev–Trinajstić information content (AvgIpc) is 3.26. The van der Waals surface area contributed by atoms with E-state index in [0.717, 1.165) is 52.8 Å². The van der Waals surface area contributed by atoms with Gasteiger partial charge in [-0.05, 0) is 24.3 Å². The van der Waals surface area contributed by atoms with E-state index < -0.39 is 0 Å². The second kappa shape index (κ2) is 6.51. The van der Waals surface area contributed by atoms with E-state index in [4.69, 9.17) is 0 Å². The van der Waals surface area contributed by atoms with Crippen molar-refractivity contribution in [2.24, 2.45) is 0 Å². The van der Waals surface area contributed by atoms with Crippen LogP contribution >= 0.6 is 0 Å². The number of fused-ring (bicyclic) bond motifs is 2. The van der Waals surface area contributed by atoms with E-state index >= 15 is 0 Å². The topological polar surface area (TPSA) is 80.9 Å². The van der Waals surface area contributed by atoms with Gasteiger partial charge in [-0.15, -0.1) is 0 Å². The van der Waals surface area contributed by atoms with Crippen LogP contribution < -0.4 is 0 Å². The van der Waals surface area contributed by atoms with Gasteiger partial charge in [-0.25, -0.2) is 0 Å². The van der Waals surface area contributed by atoms with Gasteiger partial charge < -0.3 is 14.9 Å².